The van der Waals surface area contributed by atoms with Gasteiger partial charge in [0, 0.05) is 46.4 Å². The summed E-state index contributed by atoms with van der Waals surface area (Å²) in [4.78, 5) is 36.0. The van der Waals surface area contributed by atoms with Gasteiger partial charge in [0.15, 0.2) is 0 Å². The molecule has 1 heterocycles. The van der Waals surface area contributed by atoms with Crippen LogP contribution in [0.3, 0.4) is 0 Å². The van der Waals surface area contributed by atoms with E-state index in [1.54, 1.807) is 6.92 Å². The van der Waals surface area contributed by atoms with E-state index in [1.807, 2.05) is 4.90 Å². The van der Waals surface area contributed by atoms with Crippen molar-refractivity contribution in [1.82, 2.24) is 15.5 Å². The van der Waals surface area contributed by atoms with E-state index in [1.165, 1.54) is 6.92 Å². The smallest absolute Gasteiger partial charge is 0.220 e. The van der Waals surface area contributed by atoms with Gasteiger partial charge in [-0.2, -0.15) is 0 Å². The van der Waals surface area contributed by atoms with E-state index in [-0.39, 0.29) is 17.7 Å². The lowest BCUT2D eigenvalue weighted by Gasteiger charge is -2.37. The van der Waals surface area contributed by atoms with Crippen molar-refractivity contribution in [3.05, 3.63) is 0 Å². The summed E-state index contributed by atoms with van der Waals surface area (Å²) in [5.74, 6) is 0.786. The van der Waals surface area contributed by atoms with Gasteiger partial charge < -0.3 is 15.5 Å². The Balaban J connectivity index is 2.34. The molecule has 2 atom stereocenters. The minimum Gasteiger partial charge on any atom is -0.355 e. The molecule has 6 nitrogen and oxygen atoms in total. The van der Waals surface area contributed by atoms with Crippen molar-refractivity contribution in [2.24, 2.45) is 11.8 Å². The molecule has 0 aromatic carbocycles. The highest BCUT2D eigenvalue weighted by Gasteiger charge is 2.30. The topological polar surface area (TPSA) is 78.5 Å². The molecule has 2 N–H and O–H groups in total. The molecule has 1 rings (SSSR count). The second-order valence-corrected chi connectivity index (χ2v) is 5.72. The van der Waals surface area contributed by atoms with E-state index >= 15 is 0 Å². The van der Waals surface area contributed by atoms with Crippen molar-refractivity contribution in [3.8, 4) is 0 Å². The summed E-state index contributed by atoms with van der Waals surface area (Å²) in [5, 5.41) is 5.47. The molecule has 0 aromatic heterocycles. The number of nitrogens with one attached hydrogen (secondary N) is 2. The Hall–Kier alpha value is -1.59. The maximum Gasteiger partial charge on any atom is 0.220 e. The van der Waals surface area contributed by atoms with Gasteiger partial charge in [-0.05, 0) is 18.3 Å². The molecule has 21 heavy (non-hydrogen) atoms. The first-order valence-electron chi connectivity index (χ1n) is 7.70. The van der Waals surface area contributed by atoms with Crippen LogP contribution in [0.5, 0.6) is 0 Å². The van der Waals surface area contributed by atoms with Crippen molar-refractivity contribution in [2.45, 2.75) is 40.0 Å². The normalized spacial score (nSPS) is 21.8. The Morgan fingerprint density at radius 1 is 1.10 bits per heavy atom. The molecule has 0 aromatic rings. The van der Waals surface area contributed by atoms with Gasteiger partial charge in [0.1, 0.15) is 0 Å². The quantitative estimate of drug-likeness (QED) is 0.702. The van der Waals surface area contributed by atoms with Gasteiger partial charge in [-0.25, -0.2) is 0 Å². The Morgan fingerprint density at radius 3 is 2.33 bits per heavy atom. The summed E-state index contributed by atoms with van der Waals surface area (Å²) < 4.78 is 0. The van der Waals surface area contributed by atoms with Gasteiger partial charge in [0.05, 0.1) is 0 Å². The lowest BCUT2D eigenvalue weighted by atomic mass is 9.81. The Morgan fingerprint density at radius 2 is 1.76 bits per heavy atom. The van der Waals surface area contributed by atoms with Crippen molar-refractivity contribution in [3.63, 3.8) is 0 Å². The minimum atomic E-state index is -0.0908. The van der Waals surface area contributed by atoms with Crippen molar-refractivity contribution < 1.29 is 14.4 Å². The van der Waals surface area contributed by atoms with Gasteiger partial charge in [0.25, 0.3) is 0 Å². The first-order valence-corrected chi connectivity index (χ1v) is 7.70. The van der Waals surface area contributed by atoms with Crippen LogP contribution in [0.4, 0.5) is 0 Å². The lowest BCUT2D eigenvalue weighted by molar-refractivity contribution is -0.132. The van der Waals surface area contributed by atoms with Gasteiger partial charge in [-0.3, -0.25) is 14.4 Å². The Bertz CT molecular complexity index is 384. The fourth-order valence-corrected chi connectivity index (χ4v) is 2.85. The number of rotatable bonds is 6. The number of nitrogens with zero attached hydrogens (tertiary/aromatic N) is 1. The zero-order chi connectivity index (χ0) is 15.8. The molecule has 2 unspecified atom stereocenters. The summed E-state index contributed by atoms with van der Waals surface area (Å²) in [6.07, 6.45) is 2.37. The molecule has 1 fully saturated rings. The molecule has 0 saturated carbocycles. The number of piperidine rings is 1. The predicted octanol–water partition coefficient (Wildman–Crippen LogP) is 0.523. The van der Waals surface area contributed by atoms with Crippen LogP contribution in [0.1, 0.15) is 40.0 Å². The molecular formula is C15H27N3O3. The summed E-state index contributed by atoms with van der Waals surface area (Å²) in [6, 6.07) is 0. The van der Waals surface area contributed by atoms with E-state index in [0.717, 1.165) is 25.9 Å². The van der Waals surface area contributed by atoms with Crippen LogP contribution in [0.15, 0.2) is 0 Å². The predicted molar refractivity (Wildman–Crippen MR) is 80.5 cm³/mol. The molecule has 1 aliphatic rings. The SMILES string of the molecule is CCC1CN(C(C)=O)CCC1CC(=O)NCCNC(C)=O. The van der Waals surface area contributed by atoms with Crippen LogP contribution in [0.2, 0.25) is 0 Å². The molecule has 6 heteroatoms. The van der Waals surface area contributed by atoms with Crippen molar-refractivity contribution in [1.29, 1.82) is 0 Å². The van der Waals surface area contributed by atoms with E-state index in [2.05, 4.69) is 17.6 Å². The molecule has 120 valence electrons. The highest BCUT2D eigenvalue weighted by molar-refractivity contribution is 5.77. The third-order valence-electron chi connectivity index (χ3n) is 4.13. The molecule has 0 radical (unpaired) electrons. The molecule has 0 aliphatic carbocycles. The maximum absolute atomic E-state index is 11.9. The van der Waals surface area contributed by atoms with Crippen LogP contribution >= 0.6 is 0 Å². The fourth-order valence-electron chi connectivity index (χ4n) is 2.85. The number of hydrogen-bond acceptors (Lipinski definition) is 3. The summed E-state index contributed by atoms with van der Waals surface area (Å²) in [7, 11) is 0. The highest BCUT2D eigenvalue weighted by Crippen LogP contribution is 2.28. The van der Waals surface area contributed by atoms with E-state index in [9.17, 15) is 14.4 Å². The summed E-state index contributed by atoms with van der Waals surface area (Å²) in [6.45, 7) is 7.59. The minimum absolute atomic E-state index is 0.0278. The largest absolute Gasteiger partial charge is 0.355 e. The second-order valence-electron chi connectivity index (χ2n) is 5.72. The zero-order valence-corrected chi connectivity index (χ0v) is 13.3. The van der Waals surface area contributed by atoms with Gasteiger partial charge in [-0.1, -0.05) is 13.3 Å². The molecular weight excluding hydrogens is 270 g/mol. The maximum atomic E-state index is 11.9. The molecule has 3 amide bonds. The molecule has 1 aliphatic heterocycles. The number of hydrogen-bond donors (Lipinski definition) is 2. The number of carbonyl (C=O) groups excluding carboxylic acids is 3. The van der Waals surface area contributed by atoms with Crippen molar-refractivity contribution >= 4 is 17.7 Å². The van der Waals surface area contributed by atoms with Gasteiger partial charge in [0.2, 0.25) is 17.7 Å². The Kier molecular flexibility index (Phi) is 7.19. The van der Waals surface area contributed by atoms with Crippen LogP contribution in [-0.2, 0) is 14.4 Å². The molecule has 0 spiro atoms. The second kappa shape index (κ2) is 8.64. The van der Waals surface area contributed by atoms with Gasteiger partial charge in [-0.15, -0.1) is 0 Å². The average Bonchev–Trinajstić information content (AvgIpc) is 2.43. The molecule has 1 saturated heterocycles. The standard InChI is InChI=1S/C15H27N3O3/c1-4-13-10-18(12(3)20)8-5-14(13)9-15(21)17-7-6-16-11(2)19/h13-14H,4-10H2,1-3H3,(H,16,19)(H,17,21). The van der Waals surface area contributed by atoms with Crippen LogP contribution < -0.4 is 10.6 Å². The van der Waals surface area contributed by atoms with Crippen molar-refractivity contribution in [2.75, 3.05) is 26.2 Å². The fraction of sp³-hybridized carbons (Fsp3) is 0.800. The number of carbonyl (C=O) groups is 3. The zero-order valence-electron chi connectivity index (χ0n) is 13.3. The van der Waals surface area contributed by atoms with Crippen LogP contribution in [0, 0.1) is 11.8 Å². The monoisotopic (exact) mass is 297 g/mol. The number of amides is 3. The third kappa shape index (κ3) is 6.14. The summed E-state index contributed by atoms with van der Waals surface area (Å²) in [5.41, 5.74) is 0. The first-order chi connectivity index (χ1) is 9.93. The van der Waals surface area contributed by atoms with E-state index < -0.39 is 0 Å². The van der Waals surface area contributed by atoms with Crippen LogP contribution in [-0.4, -0.2) is 48.8 Å². The first kappa shape index (κ1) is 17.5. The Labute approximate surface area is 126 Å². The lowest BCUT2D eigenvalue weighted by Crippen LogP contribution is -2.44. The number of likely N-dealkylation sites (tertiary alicyclic amines) is 1. The summed E-state index contributed by atoms with van der Waals surface area (Å²) >= 11 is 0. The third-order valence-corrected chi connectivity index (χ3v) is 4.13. The van der Waals surface area contributed by atoms with E-state index in [0.29, 0.717) is 31.3 Å². The van der Waals surface area contributed by atoms with Gasteiger partial charge >= 0.3 is 0 Å². The average molecular weight is 297 g/mol. The molecule has 0 bridgehead atoms. The van der Waals surface area contributed by atoms with E-state index in [4.69, 9.17) is 0 Å². The highest BCUT2D eigenvalue weighted by atomic mass is 16.2. The van der Waals surface area contributed by atoms with Crippen LogP contribution in [0.25, 0.3) is 0 Å².